The van der Waals surface area contributed by atoms with Crippen LogP contribution in [0.2, 0.25) is 0 Å². The van der Waals surface area contributed by atoms with E-state index in [1.165, 1.54) is 4.90 Å². The van der Waals surface area contributed by atoms with Gasteiger partial charge >= 0.3 is 6.09 Å². The topological polar surface area (TPSA) is 84.7 Å². The Morgan fingerprint density at radius 1 is 1.26 bits per heavy atom. The lowest BCUT2D eigenvalue weighted by Crippen LogP contribution is -2.48. The molecule has 0 saturated carbocycles. The van der Waals surface area contributed by atoms with Crippen LogP contribution in [0.25, 0.3) is 0 Å². The van der Waals surface area contributed by atoms with Crippen LogP contribution in [-0.2, 0) is 9.53 Å². The van der Waals surface area contributed by atoms with E-state index in [2.05, 4.69) is 5.32 Å². The Labute approximate surface area is 159 Å². The van der Waals surface area contributed by atoms with E-state index in [-0.39, 0.29) is 11.7 Å². The fraction of sp³-hybridized carbons (Fsp3) is 0.500. The molecule has 0 bridgehead atoms. The number of benzene rings is 1. The quantitative estimate of drug-likeness (QED) is 0.824. The van der Waals surface area contributed by atoms with Gasteiger partial charge in [0.1, 0.15) is 11.4 Å². The first kappa shape index (κ1) is 20.7. The normalized spacial score (nSPS) is 17.7. The number of ether oxygens (including phenoxy) is 1. The highest BCUT2D eigenvalue weighted by Gasteiger charge is 2.33. The minimum atomic E-state index is -0.606. The zero-order chi connectivity index (χ0) is 20.5. The Hall–Kier alpha value is -2.57. The molecule has 7 heteroatoms. The summed E-state index contributed by atoms with van der Waals surface area (Å²) in [6.45, 7) is 10.8. The first-order valence-corrected chi connectivity index (χ1v) is 8.97. The van der Waals surface area contributed by atoms with E-state index in [4.69, 9.17) is 10.5 Å². The van der Waals surface area contributed by atoms with Gasteiger partial charge in [0.15, 0.2) is 0 Å². The summed E-state index contributed by atoms with van der Waals surface area (Å²) in [5.41, 5.74) is 7.75. The van der Waals surface area contributed by atoms with E-state index in [0.717, 1.165) is 0 Å². The maximum atomic E-state index is 13.8. The number of carbonyl (C=O) groups excluding carboxylic acids is 2. The van der Waals surface area contributed by atoms with Crippen molar-refractivity contribution in [3.05, 3.63) is 40.3 Å². The predicted molar refractivity (Wildman–Crippen MR) is 103 cm³/mol. The van der Waals surface area contributed by atoms with Crippen molar-refractivity contribution in [1.29, 1.82) is 0 Å². The Morgan fingerprint density at radius 2 is 1.81 bits per heavy atom. The summed E-state index contributed by atoms with van der Waals surface area (Å²) >= 11 is 0. The zero-order valence-corrected chi connectivity index (χ0v) is 16.8. The highest BCUT2D eigenvalue weighted by atomic mass is 19.1. The molecule has 1 aliphatic rings. The van der Waals surface area contributed by atoms with Crippen molar-refractivity contribution in [3.63, 3.8) is 0 Å². The number of hydrogen-bond donors (Lipinski definition) is 2. The Kier molecular flexibility index (Phi) is 5.82. The predicted octanol–water partition coefficient (Wildman–Crippen LogP) is 3.62. The van der Waals surface area contributed by atoms with Gasteiger partial charge in [0.25, 0.3) is 5.91 Å². The van der Waals surface area contributed by atoms with E-state index in [1.54, 1.807) is 53.7 Å². The number of nitrogens with two attached hydrogens (primary N) is 1. The zero-order valence-electron chi connectivity index (χ0n) is 16.8. The molecule has 148 valence electrons. The average Bonchev–Trinajstić information content (AvgIpc) is 2.53. The molecular formula is C20H28FN3O3. The lowest BCUT2D eigenvalue weighted by atomic mass is 9.99. The van der Waals surface area contributed by atoms with Crippen LogP contribution in [0.1, 0.15) is 45.2 Å². The fourth-order valence-electron chi connectivity index (χ4n) is 3.03. The number of anilines is 1. The van der Waals surface area contributed by atoms with Crippen molar-refractivity contribution in [2.24, 2.45) is 5.73 Å². The first-order chi connectivity index (χ1) is 12.4. The number of nitrogens with one attached hydrogen (secondary N) is 1. The molecule has 2 rings (SSSR count). The number of rotatable bonds is 2. The van der Waals surface area contributed by atoms with Crippen LogP contribution in [-0.4, -0.2) is 35.1 Å². The summed E-state index contributed by atoms with van der Waals surface area (Å²) in [5, 5.41) is 2.78. The van der Waals surface area contributed by atoms with Crippen molar-refractivity contribution >= 4 is 17.7 Å². The number of carbonyl (C=O) groups is 2. The second-order valence-electron chi connectivity index (χ2n) is 7.91. The van der Waals surface area contributed by atoms with E-state index < -0.39 is 17.7 Å². The third kappa shape index (κ3) is 4.78. The van der Waals surface area contributed by atoms with Crippen molar-refractivity contribution < 1.29 is 18.7 Å². The lowest BCUT2D eigenvalue weighted by molar-refractivity contribution is -0.113. The third-order valence-electron chi connectivity index (χ3n) is 4.47. The molecule has 0 fully saturated rings. The van der Waals surface area contributed by atoms with Gasteiger partial charge in [-0.25, -0.2) is 9.18 Å². The number of halogens is 1. The molecule has 1 aliphatic heterocycles. The largest absolute Gasteiger partial charge is 0.444 e. The molecule has 0 aromatic heterocycles. The van der Waals surface area contributed by atoms with Gasteiger partial charge in [-0.05, 0) is 71.2 Å². The monoisotopic (exact) mass is 377 g/mol. The van der Waals surface area contributed by atoms with Gasteiger partial charge < -0.3 is 15.8 Å². The molecule has 27 heavy (non-hydrogen) atoms. The molecule has 3 N–H and O–H groups in total. The number of hydrogen-bond acceptors (Lipinski definition) is 4. The molecule has 6 nitrogen and oxygen atoms in total. The van der Waals surface area contributed by atoms with Crippen molar-refractivity contribution in [2.75, 3.05) is 11.9 Å². The Morgan fingerprint density at radius 3 is 2.33 bits per heavy atom. The summed E-state index contributed by atoms with van der Waals surface area (Å²) in [5.74, 6) is -0.625. The molecular weight excluding hydrogens is 349 g/mol. The SMILES string of the molecule is Cc1cc(NC(=O)C2=C(N)[C@H](C)N(C(=O)OC(C)(C)C)CC2)cc(C)c1F. The number of nitrogens with zero attached hydrogens (tertiary/aromatic N) is 1. The van der Waals surface area contributed by atoms with Gasteiger partial charge in [0.2, 0.25) is 0 Å². The summed E-state index contributed by atoms with van der Waals surface area (Å²) < 4.78 is 19.2. The summed E-state index contributed by atoms with van der Waals surface area (Å²) in [6, 6.07) is 2.71. The maximum absolute atomic E-state index is 13.8. The van der Waals surface area contributed by atoms with E-state index in [1.807, 2.05) is 0 Å². The van der Waals surface area contributed by atoms with Crippen LogP contribution in [0.15, 0.2) is 23.4 Å². The van der Waals surface area contributed by atoms with Crippen LogP contribution in [0, 0.1) is 19.7 Å². The standard InChI is InChI=1S/C20H28FN3O3/c1-11-9-14(10-12(2)16(11)21)23-18(25)15-7-8-24(13(3)17(15)22)19(26)27-20(4,5)6/h9-10,13H,7-8,22H2,1-6H3,(H,23,25)/t13-/m0/s1. The Balaban J connectivity index is 2.17. The van der Waals surface area contributed by atoms with Crippen LogP contribution in [0.4, 0.5) is 14.9 Å². The molecule has 1 aromatic carbocycles. The maximum Gasteiger partial charge on any atom is 0.410 e. The molecule has 2 amide bonds. The molecule has 0 radical (unpaired) electrons. The lowest BCUT2D eigenvalue weighted by Gasteiger charge is -2.36. The highest BCUT2D eigenvalue weighted by Crippen LogP contribution is 2.25. The molecule has 1 atom stereocenters. The molecule has 0 spiro atoms. The van der Waals surface area contributed by atoms with Gasteiger partial charge in [-0.15, -0.1) is 0 Å². The number of aryl methyl sites for hydroxylation is 2. The summed E-state index contributed by atoms with van der Waals surface area (Å²) in [6.07, 6.45) is -0.136. The average molecular weight is 377 g/mol. The molecule has 0 unspecified atom stereocenters. The van der Waals surface area contributed by atoms with Crippen LogP contribution >= 0.6 is 0 Å². The van der Waals surface area contributed by atoms with Gasteiger partial charge in [0.05, 0.1) is 6.04 Å². The molecule has 1 heterocycles. The minimum Gasteiger partial charge on any atom is -0.444 e. The summed E-state index contributed by atoms with van der Waals surface area (Å²) in [4.78, 5) is 26.5. The minimum absolute atomic E-state index is 0.286. The Bertz CT molecular complexity index is 773. The van der Waals surface area contributed by atoms with E-state index >= 15 is 0 Å². The second-order valence-corrected chi connectivity index (χ2v) is 7.91. The van der Waals surface area contributed by atoms with Crippen molar-refractivity contribution in [2.45, 2.75) is 59.6 Å². The first-order valence-electron chi connectivity index (χ1n) is 8.97. The van der Waals surface area contributed by atoms with Crippen LogP contribution in [0.3, 0.4) is 0 Å². The second kappa shape index (κ2) is 7.58. The van der Waals surface area contributed by atoms with Gasteiger partial charge in [-0.1, -0.05) is 0 Å². The van der Waals surface area contributed by atoms with Crippen LogP contribution in [0.5, 0.6) is 0 Å². The summed E-state index contributed by atoms with van der Waals surface area (Å²) in [7, 11) is 0. The molecule has 1 aromatic rings. The third-order valence-corrected chi connectivity index (χ3v) is 4.47. The van der Waals surface area contributed by atoms with Gasteiger partial charge in [-0.2, -0.15) is 0 Å². The smallest absolute Gasteiger partial charge is 0.410 e. The van der Waals surface area contributed by atoms with Crippen molar-refractivity contribution in [1.82, 2.24) is 4.90 Å². The van der Waals surface area contributed by atoms with Gasteiger partial charge in [-0.3, -0.25) is 9.69 Å². The van der Waals surface area contributed by atoms with Crippen molar-refractivity contribution in [3.8, 4) is 0 Å². The highest BCUT2D eigenvalue weighted by molar-refractivity contribution is 6.04. The van der Waals surface area contributed by atoms with Crippen LogP contribution < -0.4 is 11.1 Å². The fourth-order valence-corrected chi connectivity index (χ4v) is 3.03. The van der Waals surface area contributed by atoms with Gasteiger partial charge in [0, 0.05) is 23.5 Å². The number of amides is 2. The van der Waals surface area contributed by atoms with E-state index in [0.29, 0.717) is 41.1 Å². The van der Waals surface area contributed by atoms with E-state index in [9.17, 15) is 14.0 Å². The molecule has 0 saturated heterocycles. The molecule has 0 aliphatic carbocycles.